The van der Waals surface area contributed by atoms with Crippen LogP contribution in [0.15, 0.2) is 24.3 Å². The molecule has 0 unspecified atom stereocenters. The van der Waals surface area contributed by atoms with Gasteiger partial charge in [0.1, 0.15) is 0 Å². The molecule has 0 bridgehead atoms. The lowest BCUT2D eigenvalue weighted by Crippen LogP contribution is -2.41. The third-order valence-corrected chi connectivity index (χ3v) is 3.68. The quantitative estimate of drug-likeness (QED) is 0.623. The number of ether oxygens (including phenoxy) is 1. The predicted octanol–water partition coefficient (Wildman–Crippen LogP) is 0.0288. The van der Waals surface area contributed by atoms with Gasteiger partial charge in [0.05, 0.1) is 17.9 Å². The summed E-state index contributed by atoms with van der Waals surface area (Å²) < 4.78 is 27.4. The van der Waals surface area contributed by atoms with Crippen LogP contribution in [0.25, 0.3) is 0 Å². The second kappa shape index (κ2) is 9.16. The molecule has 0 aliphatic rings. The maximum atomic E-state index is 11.9. The highest BCUT2D eigenvalue weighted by Gasteiger charge is 2.13. The van der Waals surface area contributed by atoms with Gasteiger partial charge in [-0.1, -0.05) is 12.1 Å². The van der Waals surface area contributed by atoms with Gasteiger partial charge in [-0.15, -0.1) is 0 Å². The van der Waals surface area contributed by atoms with Crippen molar-refractivity contribution in [2.75, 3.05) is 19.4 Å². The maximum absolute atomic E-state index is 11.9. The molecule has 0 aliphatic heterocycles. The molecule has 0 saturated heterocycles. The van der Waals surface area contributed by atoms with E-state index in [2.05, 4.69) is 10.6 Å². The molecule has 0 radical (unpaired) electrons. The van der Waals surface area contributed by atoms with Gasteiger partial charge in [0.25, 0.3) is 5.91 Å². The van der Waals surface area contributed by atoms with Gasteiger partial charge in [-0.25, -0.2) is 13.2 Å². The first kappa shape index (κ1) is 20.6. The molecule has 0 aromatic heterocycles. The minimum absolute atomic E-state index is 0.0403. The Kier molecular flexibility index (Phi) is 7.56. The number of hydrogen-bond donors (Lipinski definition) is 2. The molecule has 0 fully saturated rings. The first-order chi connectivity index (χ1) is 11.6. The molecule has 1 aromatic rings. The summed E-state index contributed by atoms with van der Waals surface area (Å²) in [4.78, 5) is 34.9. The largest absolute Gasteiger partial charge is 0.452 e. The number of benzene rings is 1. The predicted molar refractivity (Wildman–Crippen MR) is 91.6 cm³/mol. The number of carbonyl (C=O) groups excluding carboxylic acids is 3. The Balaban J connectivity index is 2.50. The standard InChI is InChI=1S/C16H22N2O6S/c1-11(2)18-14(19)8-17-15(20)9-24-16(21)13-6-4-5-12(7-13)10-25(3,22)23/h4-7,11H,8-10H2,1-3H3,(H,17,20)(H,18,19). The second-order valence-electron chi connectivity index (χ2n) is 5.85. The zero-order chi connectivity index (χ0) is 19.0. The molecule has 138 valence electrons. The third-order valence-electron chi connectivity index (χ3n) is 2.82. The average molecular weight is 370 g/mol. The van der Waals surface area contributed by atoms with Crippen LogP contribution in [-0.2, 0) is 29.9 Å². The molecule has 0 saturated carbocycles. The third kappa shape index (κ3) is 8.85. The lowest BCUT2D eigenvalue weighted by molar-refractivity contribution is -0.128. The lowest BCUT2D eigenvalue weighted by Gasteiger charge is -2.09. The zero-order valence-electron chi connectivity index (χ0n) is 14.4. The molecule has 0 heterocycles. The van der Waals surface area contributed by atoms with Gasteiger partial charge in [-0.05, 0) is 31.5 Å². The normalized spacial score (nSPS) is 11.0. The van der Waals surface area contributed by atoms with Crippen molar-refractivity contribution >= 4 is 27.6 Å². The first-order valence-electron chi connectivity index (χ1n) is 7.56. The van der Waals surface area contributed by atoms with Crippen molar-refractivity contribution in [2.45, 2.75) is 25.6 Å². The van der Waals surface area contributed by atoms with Crippen LogP contribution in [-0.4, -0.2) is 51.7 Å². The second-order valence-corrected chi connectivity index (χ2v) is 7.99. The van der Waals surface area contributed by atoms with Gasteiger partial charge in [0, 0.05) is 12.3 Å². The van der Waals surface area contributed by atoms with Crippen LogP contribution in [0.4, 0.5) is 0 Å². The summed E-state index contributed by atoms with van der Waals surface area (Å²) in [6.07, 6.45) is 1.10. The van der Waals surface area contributed by atoms with Gasteiger partial charge in [0.2, 0.25) is 5.91 Å². The lowest BCUT2D eigenvalue weighted by atomic mass is 10.1. The molecule has 2 N–H and O–H groups in total. The molecule has 9 heteroatoms. The van der Waals surface area contributed by atoms with E-state index in [9.17, 15) is 22.8 Å². The van der Waals surface area contributed by atoms with Gasteiger partial charge in [-0.2, -0.15) is 0 Å². The minimum Gasteiger partial charge on any atom is -0.452 e. The summed E-state index contributed by atoms with van der Waals surface area (Å²) >= 11 is 0. The van der Waals surface area contributed by atoms with Crippen LogP contribution >= 0.6 is 0 Å². The summed E-state index contributed by atoms with van der Waals surface area (Å²) in [7, 11) is -3.22. The average Bonchev–Trinajstić information content (AvgIpc) is 2.48. The Labute approximate surface area is 146 Å². The summed E-state index contributed by atoms with van der Waals surface area (Å²) in [6, 6.07) is 5.94. The molecule has 0 spiro atoms. The van der Waals surface area contributed by atoms with Crippen molar-refractivity contribution in [3.05, 3.63) is 35.4 Å². The maximum Gasteiger partial charge on any atom is 0.338 e. The Morgan fingerprint density at radius 2 is 1.84 bits per heavy atom. The van der Waals surface area contributed by atoms with Gasteiger partial charge in [-0.3, -0.25) is 9.59 Å². The Morgan fingerprint density at radius 3 is 2.44 bits per heavy atom. The number of hydrogen-bond acceptors (Lipinski definition) is 6. The summed E-state index contributed by atoms with van der Waals surface area (Å²) in [5.74, 6) is -1.90. The minimum atomic E-state index is -3.22. The zero-order valence-corrected chi connectivity index (χ0v) is 15.2. The number of sulfone groups is 1. The van der Waals surface area contributed by atoms with Crippen LogP contribution in [0.5, 0.6) is 0 Å². The highest BCUT2D eigenvalue weighted by Crippen LogP contribution is 2.10. The molecule has 0 atom stereocenters. The fourth-order valence-electron chi connectivity index (χ4n) is 1.91. The van der Waals surface area contributed by atoms with E-state index >= 15 is 0 Å². The van der Waals surface area contributed by atoms with Crippen molar-refractivity contribution < 1.29 is 27.5 Å². The summed E-state index contributed by atoms with van der Waals surface area (Å²) in [6.45, 7) is 2.83. The van der Waals surface area contributed by atoms with E-state index < -0.39 is 28.3 Å². The molecular formula is C16H22N2O6S. The molecule has 0 aliphatic carbocycles. The molecule has 1 rings (SSSR count). The number of esters is 1. The Hall–Kier alpha value is -2.42. The van der Waals surface area contributed by atoms with Crippen molar-refractivity contribution in [1.29, 1.82) is 0 Å². The molecule has 8 nitrogen and oxygen atoms in total. The number of nitrogens with one attached hydrogen (secondary N) is 2. The van der Waals surface area contributed by atoms with E-state index in [-0.39, 0.29) is 29.8 Å². The highest BCUT2D eigenvalue weighted by molar-refractivity contribution is 7.89. The highest BCUT2D eigenvalue weighted by atomic mass is 32.2. The van der Waals surface area contributed by atoms with E-state index in [0.29, 0.717) is 5.56 Å². The van der Waals surface area contributed by atoms with E-state index in [1.165, 1.54) is 18.2 Å². The van der Waals surface area contributed by atoms with Crippen molar-refractivity contribution in [3.8, 4) is 0 Å². The Morgan fingerprint density at radius 1 is 1.16 bits per heavy atom. The SMILES string of the molecule is CC(C)NC(=O)CNC(=O)COC(=O)c1cccc(CS(C)(=O)=O)c1. The number of rotatable bonds is 8. The molecular weight excluding hydrogens is 348 g/mol. The monoisotopic (exact) mass is 370 g/mol. The van der Waals surface area contributed by atoms with Crippen LogP contribution in [0.2, 0.25) is 0 Å². The fraction of sp³-hybridized carbons (Fsp3) is 0.438. The first-order valence-corrected chi connectivity index (χ1v) is 9.62. The van der Waals surface area contributed by atoms with E-state index in [0.717, 1.165) is 6.26 Å². The fourth-order valence-corrected chi connectivity index (χ4v) is 2.69. The van der Waals surface area contributed by atoms with Crippen molar-refractivity contribution in [1.82, 2.24) is 10.6 Å². The van der Waals surface area contributed by atoms with Crippen molar-refractivity contribution in [3.63, 3.8) is 0 Å². The van der Waals surface area contributed by atoms with Crippen LogP contribution in [0, 0.1) is 0 Å². The Bertz CT molecular complexity index is 743. The van der Waals surface area contributed by atoms with Crippen LogP contribution in [0.3, 0.4) is 0 Å². The van der Waals surface area contributed by atoms with Gasteiger partial charge < -0.3 is 15.4 Å². The van der Waals surface area contributed by atoms with E-state index in [4.69, 9.17) is 4.74 Å². The topological polar surface area (TPSA) is 119 Å². The van der Waals surface area contributed by atoms with Crippen LogP contribution < -0.4 is 10.6 Å². The van der Waals surface area contributed by atoms with E-state index in [1.807, 2.05) is 0 Å². The van der Waals surface area contributed by atoms with Gasteiger partial charge >= 0.3 is 5.97 Å². The molecule has 25 heavy (non-hydrogen) atoms. The molecule has 1 aromatic carbocycles. The number of amides is 2. The smallest absolute Gasteiger partial charge is 0.338 e. The van der Waals surface area contributed by atoms with Crippen LogP contribution in [0.1, 0.15) is 29.8 Å². The molecule has 2 amide bonds. The van der Waals surface area contributed by atoms with Gasteiger partial charge in [0.15, 0.2) is 16.4 Å². The number of carbonyl (C=O) groups is 3. The summed E-state index contributed by atoms with van der Waals surface area (Å²) in [5.41, 5.74) is 0.596. The summed E-state index contributed by atoms with van der Waals surface area (Å²) in [5, 5.41) is 4.93. The van der Waals surface area contributed by atoms with Crippen molar-refractivity contribution in [2.24, 2.45) is 0 Å². The van der Waals surface area contributed by atoms with E-state index in [1.54, 1.807) is 19.9 Å².